The molecule has 0 radical (unpaired) electrons. The van der Waals surface area contributed by atoms with Gasteiger partial charge in [-0.05, 0) is 43.5 Å². The van der Waals surface area contributed by atoms with Gasteiger partial charge in [0.1, 0.15) is 5.82 Å². The van der Waals surface area contributed by atoms with Gasteiger partial charge in [-0.25, -0.2) is 4.39 Å². The minimum absolute atomic E-state index is 0.287. The van der Waals surface area contributed by atoms with E-state index >= 15 is 0 Å². The van der Waals surface area contributed by atoms with Crippen LogP contribution in [0.3, 0.4) is 0 Å². The second-order valence-corrected chi connectivity index (χ2v) is 5.00. The molecule has 1 aliphatic carbocycles. The molecule has 1 saturated carbocycles. The van der Waals surface area contributed by atoms with Crippen LogP contribution in [-0.2, 0) is 6.42 Å². The van der Waals surface area contributed by atoms with E-state index in [1.54, 1.807) is 0 Å². The maximum atomic E-state index is 13.3. The molecule has 0 saturated heterocycles. The summed E-state index contributed by atoms with van der Waals surface area (Å²) < 4.78 is 18.9. The fourth-order valence-electron chi connectivity index (χ4n) is 2.00. The van der Waals surface area contributed by atoms with Crippen molar-refractivity contribution in [2.24, 2.45) is 0 Å². The van der Waals surface area contributed by atoms with E-state index in [1.807, 2.05) is 13.0 Å². The lowest BCUT2D eigenvalue weighted by Gasteiger charge is -1.99. The Morgan fingerprint density at radius 1 is 1.32 bits per heavy atom. The smallest absolute Gasteiger partial charge is 0.247 e. The Morgan fingerprint density at radius 2 is 2.16 bits per heavy atom. The van der Waals surface area contributed by atoms with Gasteiger partial charge in [0, 0.05) is 24.6 Å². The average Bonchev–Trinajstić information content (AvgIpc) is 3.04. The second-order valence-electron chi connectivity index (χ2n) is 5.00. The lowest BCUT2D eigenvalue weighted by molar-refractivity contribution is 0.493. The fourth-order valence-corrected chi connectivity index (χ4v) is 2.00. The van der Waals surface area contributed by atoms with Crippen LogP contribution >= 0.6 is 0 Å². The number of halogens is 1. The zero-order chi connectivity index (χ0) is 13.2. The number of aromatic nitrogens is 2. The third-order valence-corrected chi connectivity index (χ3v) is 3.11. The van der Waals surface area contributed by atoms with Crippen LogP contribution < -0.4 is 5.32 Å². The molecular formula is C14H16FN3O. The lowest BCUT2D eigenvalue weighted by atomic mass is 10.1. The number of nitrogens with zero attached hydrogens (tertiary/aromatic N) is 2. The molecule has 4 nitrogen and oxygen atoms in total. The average molecular weight is 261 g/mol. The maximum absolute atomic E-state index is 13.3. The Hall–Kier alpha value is -1.75. The summed E-state index contributed by atoms with van der Waals surface area (Å²) >= 11 is 0. The van der Waals surface area contributed by atoms with Crippen molar-refractivity contribution >= 4 is 0 Å². The van der Waals surface area contributed by atoms with Gasteiger partial charge in [0.2, 0.25) is 11.8 Å². The molecule has 2 aromatic rings. The van der Waals surface area contributed by atoms with Crippen molar-refractivity contribution in [3.63, 3.8) is 0 Å². The third-order valence-electron chi connectivity index (χ3n) is 3.11. The first-order valence-electron chi connectivity index (χ1n) is 6.54. The largest absolute Gasteiger partial charge is 0.421 e. The van der Waals surface area contributed by atoms with Gasteiger partial charge >= 0.3 is 0 Å². The fraction of sp³-hybridized carbons (Fsp3) is 0.429. The zero-order valence-electron chi connectivity index (χ0n) is 10.8. The molecule has 1 aromatic carbocycles. The molecule has 5 heteroatoms. The summed E-state index contributed by atoms with van der Waals surface area (Å²) in [5, 5.41) is 11.3. The molecule has 1 aromatic heterocycles. The summed E-state index contributed by atoms with van der Waals surface area (Å²) in [6.07, 6.45) is 3.23. The van der Waals surface area contributed by atoms with Crippen molar-refractivity contribution in [2.45, 2.75) is 32.2 Å². The molecule has 0 bridgehead atoms. The maximum Gasteiger partial charge on any atom is 0.247 e. The molecule has 1 N–H and O–H groups in total. The summed E-state index contributed by atoms with van der Waals surface area (Å²) in [7, 11) is 0. The first kappa shape index (κ1) is 12.3. The number of hydrogen-bond donors (Lipinski definition) is 1. The monoisotopic (exact) mass is 261 g/mol. The van der Waals surface area contributed by atoms with E-state index in [2.05, 4.69) is 15.5 Å². The number of rotatable bonds is 5. The molecule has 1 fully saturated rings. The standard InChI is InChI=1S/C14H16FN3O/c1-9-6-10(8-11(15)7-9)14-18-17-13(19-14)4-5-16-12-2-3-12/h6-8,12,16H,2-5H2,1H3. The first-order chi connectivity index (χ1) is 9.20. The van der Waals surface area contributed by atoms with Crippen LogP contribution in [0.1, 0.15) is 24.3 Å². The first-order valence-corrected chi connectivity index (χ1v) is 6.54. The van der Waals surface area contributed by atoms with Crippen LogP contribution in [0.15, 0.2) is 22.6 Å². The van der Waals surface area contributed by atoms with Crippen molar-refractivity contribution < 1.29 is 8.81 Å². The summed E-state index contributed by atoms with van der Waals surface area (Å²) in [6, 6.07) is 5.39. The van der Waals surface area contributed by atoms with E-state index in [0.717, 1.165) is 12.1 Å². The highest BCUT2D eigenvalue weighted by Gasteiger charge is 2.20. The van der Waals surface area contributed by atoms with E-state index < -0.39 is 0 Å². The van der Waals surface area contributed by atoms with Gasteiger partial charge in [-0.1, -0.05) is 0 Å². The summed E-state index contributed by atoms with van der Waals surface area (Å²) in [5.74, 6) is 0.680. The van der Waals surface area contributed by atoms with E-state index in [4.69, 9.17) is 4.42 Å². The Bertz CT molecular complexity index is 558. The SMILES string of the molecule is Cc1cc(F)cc(-c2nnc(CCNC3CC3)o2)c1. The highest BCUT2D eigenvalue weighted by Crippen LogP contribution is 2.21. The minimum atomic E-state index is -0.287. The van der Waals surface area contributed by atoms with Gasteiger partial charge in [-0.2, -0.15) is 0 Å². The van der Waals surface area contributed by atoms with E-state index in [1.165, 1.54) is 25.0 Å². The molecule has 0 aliphatic heterocycles. The molecule has 0 amide bonds. The third kappa shape index (κ3) is 3.17. The van der Waals surface area contributed by atoms with Gasteiger partial charge in [-0.15, -0.1) is 10.2 Å². The van der Waals surface area contributed by atoms with E-state index in [-0.39, 0.29) is 5.82 Å². The van der Waals surface area contributed by atoms with E-state index in [0.29, 0.717) is 29.8 Å². The summed E-state index contributed by atoms with van der Waals surface area (Å²) in [5.41, 5.74) is 1.47. The van der Waals surface area contributed by atoms with Crippen LogP contribution in [0.5, 0.6) is 0 Å². The van der Waals surface area contributed by atoms with Gasteiger partial charge in [0.25, 0.3) is 0 Å². The Kier molecular flexibility index (Phi) is 3.29. The van der Waals surface area contributed by atoms with E-state index in [9.17, 15) is 4.39 Å². The highest BCUT2D eigenvalue weighted by atomic mass is 19.1. The summed E-state index contributed by atoms with van der Waals surface area (Å²) in [4.78, 5) is 0. The Labute approximate surface area is 111 Å². The van der Waals surface area contributed by atoms with Crippen LogP contribution in [0, 0.1) is 12.7 Å². The number of nitrogens with one attached hydrogen (secondary N) is 1. The van der Waals surface area contributed by atoms with Crippen molar-refractivity contribution in [3.05, 3.63) is 35.5 Å². The normalized spacial score (nSPS) is 14.8. The van der Waals surface area contributed by atoms with Gasteiger partial charge < -0.3 is 9.73 Å². The van der Waals surface area contributed by atoms with Crippen LogP contribution in [-0.4, -0.2) is 22.8 Å². The number of benzene rings is 1. The molecule has 0 unspecified atom stereocenters. The zero-order valence-corrected chi connectivity index (χ0v) is 10.8. The van der Waals surface area contributed by atoms with Crippen molar-refractivity contribution in [3.8, 4) is 11.5 Å². The number of hydrogen-bond acceptors (Lipinski definition) is 4. The van der Waals surface area contributed by atoms with Gasteiger partial charge in [0.05, 0.1) is 0 Å². The molecule has 1 heterocycles. The predicted molar refractivity (Wildman–Crippen MR) is 69.2 cm³/mol. The molecular weight excluding hydrogens is 245 g/mol. The molecule has 100 valence electrons. The second kappa shape index (κ2) is 5.09. The lowest BCUT2D eigenvalue weighted by Crippen LogP contribution is -2.19. The van der Waals surface area contributed by atoms with Crippen molar-refractivity contribution in [2.75, 3.05) is 6.54 Å². The molecule has 0 spiro atoms. The van der Waals surface area contributed by atoms with Crippen LogP contribution in [0.4, 0.5) is 4.39 Å². The van der Waals surface area contributed by atoms with Crippen molar-refractivity contribution in [1.82, 2.24) is 15.5 Å². The van der Waals surface area contributed by atoms with Crippen LogP contribution in [0.2, 0.25) is 0 Å². The predicted octanol–water partition coefficient (Wildman–Crippen LogP) is 2.48. The highest BCUT2D eigenvalue weighted by molar-refractivity contribution is 5.53. The van der Waals surface area contributed by atoms with Gasteiger partial charge in [0.15, 0.2) is 0 Å². The molecule has 0 atom stereocenters. The van der Waals surface area contributed by atoms with Gasteiger partial charge in [-0.3, -0.25) is 0 Å². The molecule has 19 heavy (non-hydrogen) atoms. The Morgan fingerprint density at radius 3 is 2.89 bits per heavy atom. The molecule has 1 aliphatic rings. The van der Waals surface area contributed by atoms with Crippen LogP contribution in [0.25, 0.3) is 11.5 Å². The summed E-state index contributed by atoms with van der Waals surface area (Å²) in [6.45, 7) is 2.68. The topological polar surface area (TPSA) is 51.0 Å². The number of aryl methyl sites for hydroxylation is 1. The Balaban J connectivity index is 1.68. The molecule has 3 rings (SSSR count). The quantitative estimate of drug-likeness (QED) is 0.898. The van der Waals surface area contributed by atoms with Crippen molar-refractivity contribution in [1.29, 1.82) is 0 Å². The minimum Gasteiger partial charge on any atom is -0.421 e.